The molecule has 1 aliphatic heterocycles. The third kappa shape index (κ3) is 4.58. The zero-order valence-corrected chi connectivity index (χ0v) is 18.7. The smallest absolute Gasteiger partial charge is 0.315 e. The maximum atomic E-state index is 13.5. The largest absolute Gasteiger partial charge is 0.426 e. The molecule has 4 aromatic rings. The van der Waals surface area contributed by atoms with Crippen molar-refractivity contribution < 1.29 is 23.5 Å². The van der Waals surface area contributed by atoms with Gasteiger partial charge in [0.2, 0.25) is 0 Å². The van der Waals surface area contributed by atoms with Crippen molar-refractivity contribution in [3.05, 3.63) is 94.2 Å². The number of rotatable bonds is 6. The zero-order valence-electron chi connectivity index (χ0n) is 18.7. The topological polar surface area (TPSA) is 115 Å². The van der Waals surface area contributed by atoms with Gasteiger partial charge < -0.3 is 15.4 Å². The van der Waals surface area contributed by atoms with Gasteiger partial charge in [0.25, 0.3) is 11.8 Å². The Morgan fingerprint density at radius 1 is 1.03 bits per heavy atom. The number of carbonyl (C=O) groups excluding carboxylic acids is 3. The molecule has 0 bridgehead atoms. The Balaban J connectivity index is 1.31. The summed E-state index contributed by atoms with van der Waals surface area (Å²) in [5.74, 6) is -1.01. The monoisotopic (exact) mass is 473 g/mol. The Labute approximate surface area is 198 Å². The van der Waals surface area contributed by atoms with Crippen LogP contribution < -0.4 is 15.4 Å². The van der Waals surface area contributed by atoms with Gasteiger partial charge >= 0.3 is 5.97 Å². The summed E-state index contributed by atoms with van der Waals surface area (Å²) >= 11 is 0. The van der Waals surface area contributed by atoms with Crippen LogP contribution in [-0.4, -0.2) is 32.4 Å². The molecule has 0 aliphatic carbocycles. The van der Waals surface area contributed by atoms with Gasteiger partial charge in [-0.25, -0.2) is 13.9 Å². The summed E-state index contributed by atoms with van der Waals surface area (Å²) < 4.78 is 19.9. The summed E-state index contributed by atoms with van der Waals surface area (Å²) in [5.41, 5.74) is 3.33. The molecule has 0 saturated carbocycles. The predicted molar refractivity (Wildman–Crippen MR) is 122 cm³/mol. The fourth-order valence-electron chi connectivity index (χ4n) is 3.85. The van der Waals surface area contributed by atoms with Crippen LogP contribution in [-0.2, 0) is 24.3 Å². The lowest BCUT2D eigenvalue weighted by atomic mass is 10.1. The molecule has 0 atom stereocenters. The number of esters is 1. The molecule has 10 heteroatoms. The van der Waals surface area contributed by atoms with E-state index in [1.165, 1.54) is 22.8 Å². The van der Waals surface area contributed by atoms with Crippen LogP contribution in [0.3, 0.4) is 0 Å². The van der Waals surface area contributed by atoms with E-state index in [-0.39, 0.29) is 42.7 Å². The lowest BCUT2D eigenvalue weighted by molar-refractivity contribution is -0.131. The van der Waals surface area contributed by atoms with Gasteiger partial charge in [-0.2, -0.15) is 5.10 Å². The van der Waals surface area contributed by atoms with E-state index in [1.54, 1.807) is 37.3 Å². The second-order valence-electron chi connectivity index (χ2n) is 8.17. The fraction of sp³-hybridized carbons (Fsp3) is 0.160. The van der Waals surface area contributed by atoms with Crippen molar-refractivity contribution in [3.8, 4) is 5.75 Å². The minimum Gasteiger partial charge on any atom is -0.426 e. The molecule has 35 heavy (non-hydrogen) atoms. The second kappa shape index (κ2) is 8.98. The fourth-order valence-corrected chi connectivity index (χ4v) is 3.85. The van der Waals surface area contributed by atoms with Gasteiger partial charge in [0.1, 0.15) is 23.0 Å². The first-order chi connectivity index (χ1) is 16.9. The van der Waals surface area contributed by atoms with Gasteiger partial charge in [-0.3, -0.25) is 14.4 Å². The Kier molecular flexibility index (Phi) is 5.69. The quantitative estimate of drug-likeness (QED) is 0.329. The van der Waals surface area contributed by atoms with E-state index < -0.39 is 11.8 Å². The summed E-state index contributed by atoms with van der Waals surface area (Å²) in [4.78, 5) is 41.5. The standard InChI is InChI=1S/C25H20FN5O4/c1-14-8-15(2-4-18(14)26)12-28-25(34)20-11-19(30-22-6-7-29-31(20)22)24(33)27-13-16-3-5-21-17(9-16)10-23(32)35-21/h2-9,11H,10,12-13H2,1H3,(H,27,33)(H,28,34). The number of halogens is 1. The molecule has 9 nitrogen and oxygen atoms in total. The number of benzene rings is 2. The summed E-state index contributed by atoms with van der Waals surface area (Å²) in [5, 5.41) is 9.69. The van der Waals surface area contributed by atoms with Gasteiger partial charge in [0, 0.05) is 30.8 Å². The number of fused-ring (bicyclic) bond motifs is 2. The first kappa shape index (κ1) is 22.2. The molecule has 5 rings (SSSR count). The first-order valence-electron chi connectivity index (χ1n) is 10.9. The molecule has 2 aromatic carbocycles. The number of nitrogens with one attached hydrogen (secondary N) is 2. The number of aromatic nitrogens is 3. The van der Waals surface area contributed by atoms with Crippen LogP contribution in [0.5, 0.6) is 5.75 Å². The Morgan fingerprint density at radius 3 is 2.57 bits per heavy atom. The Morgan fingerprint density at radius 2 is 1.77 bits per heavy atom. The molecule has 0 spiro atoms. The Bertz CT molecular complexity index is 1500. The third-order valence-corrected chi connectivity index (χ3v) is 5.64. The molecule has 2 amide bonds. The number of hydrogen-bond acceptors (Lipinski definition) is 6. The maximum absolute atomic E-state index is 13.5. The van der Waals surface area contributed by atoms with Crippen molar-refractivity contribution in [1.82, 2.24) is 25.2 Å². The van der Waals surface area contributed by atoms with Crippen LogP contribution in [0.25, 0.3) is 5.65 Å². The molecule has 176 valence electrons. The Hall–Kier alpha value is -4.60. The SMILES string of the molecule is Cc1cc(CNC(=O)c2cc(C(=O)NCc3ccc4c(c3)CC(=O)O4)nc3ccnn23)ccc1F. The summed E-state index contributed by atoms with van der Waals surface area (Å²) in [6.45, 7) is 2.03. The molecular formula is C25H20FN5O4. The van der Waals surface area contributed by atoms with Crippen molar-refractivity contribution in [1.29, 1.82) is 0 Å². The number of amides is 2. The first-order valence-corrected chi connectivity index (χ1v) is 10.9. The molecule has 0 unspecified atom stereocenters. The normalized spacial score (nSPS) is 12.3. The van der Waals surface area contributed by atoms with E-state index >= 15 is 0 Å². The second-order valence-corrected chi connectivity index (χ2v) is 8.17. The lowest BCUT2D eigenvalue weighted by Crippen LogP contribution is -2.28. The molecule has 0 radical (unpaired) electrons. The number of carbonyl (C=O) groups is 3. The average molecular weight is 473 g/mol. The molecule has 1 aliphatic rings. The summed E-state index contributed by atoms with van der Waals surface area (Å²) in [6, 6.07) is 12.8. The number of ether oxygens (including phenoxy) is 1. The van der Waals surface area contributed by atoms with Crippen LogP contribution in [0.4, 0.5) is 4.39 Å². The van der Waals surface area contributed by atoms with Gasteiger partial charge in [0.15, 0.2) is 5.65 Å². The highest BCUT2D eigenvalue weighted by molar-refractivity contribution is 5.98. The van der Waals surface area contributed by atoms with Crippen LogP contribution in [0, 0.1) is 12.7 Å². The van der Waals surface area contributed by atoms with Crippen LogP contribution in [0.1, 0.15) is 43.2 Å². The number of aryl methyl sites for hydroxylation is 1. The minimum absolute atomic E-state index is 0.0560. The van der Waals surface area contributed by atoms with Crippen molar-refractivity contribution in [3.63, 3.8) is 0 Å². The van der Waals surface area contributed by atoms with Crippen LogP contribution in [0.15, 0.2) is 54.7 Å². The molecular weight excluding hydrogens is 453 g/mol. The average Bonchev–Trinajstić information content (AvgIpc) is 3.47. The van der Waals surface area contributed by atoms with Crippen molar-refractivity contribution in [2.75, 3.05) is 0 Å². The van der Waals surface area contributed by atoms with E-state index in [0.29, 0.717) is 17.0 Å². The number of hydrogen-bond donors (Lipinski definition) is 2. The van der Waals surface area contributed by atoms with E-state index in [0.717, 1.165) is 16.7 Å². The van der Waals surface area contributed by atoms with Gasteiger partial charge in [-0.1, -0.05) is 18.2 Å². The van der Waals surface area contributed by atoms with Crippen molar-refractivity contribution in [2.24, 2.45) is 0 Å². The third-order valence-electron chi connectivity index (χ3n) is 5.64. The highest BCUT2D eigenvalue weighted by Crippen LogP contribution is 2.26. The van der Waals surface area contributed by atoms with Gasteiger partial charge in [0.05, 0.1) is 12.6 Å². The summed E-state index contributed by atoms with van der Waals surface area (Å²) in [6.07, 6.45) is 1.69. The van der Waals surface area contributed by atoms with Gasteiger partial charge in [-0.15, -0.1) is 0 Å². The van der Waals surface area contributed by atoms with E-state index in [1.807, 2.05) is 6.07 Å². The van der Waals surface area contributed by atoms with E-state index in [9.17, 15) is 18.8 Å². The molecule has 2 aromatic heterocycles. The number of nitrogens with zero attached hydrogens (tertiary/aromatic N) is 3. The molecule has 0 saturated heterocycles. The van der Waals surface area contributed by atoms with E-state index in [2.05, 4.69) is 20.7 Å². The maximum Gasteiger partial charge on any atom is 0.315 e. The molecule has 0 fully saturated rings. The van der Waals surface area contributed by atoms with Crippen LogP contribution >= 0.6 is 0 Å². The van der Waals surface area contributed by atoms with Gasteiger partial charge in [-0.05, 0) is 41.8 Å². The minimum atomic E-state index is -0.468. The highest BCUT2D eigenvalue weighted by atomic mass is 19.1. The highest BCUT2D eigenvalue weighted by Gasteiger charge is 2.21. The van der Waals surface area contributed by atoms with E-state index in [4.69, 9.17) is 4.74 Å². The lowest BCUT2D eigenvalue weighted by Gasteiger charge is -2.10. The zero-order chi connectivity index (χ0) is 24.5. The molecule has 3 heterocycles. The van der Waals surface area contributed by atoms with Crippen molar-refractivity contribution in [2.45, 2.75) is 26.4 Å². The summed E-state index contributed by atoms with van der Waals surface area (Å²) in [7, 11) is 0. The molecule has 2 N–H and O–H groups in total. The van der Waals surface area contributed by atoms with Crippen molar-refractivity contribution >= 4 is 23.4 Å². The van der Waals surface area contributed by atoms with Crippen LogP contribution in [0.2, 0.25) is 0 Å². The predicted octanol–water partition coefficient (Wildman–Crippen LogP) is 2.50.